The number of aliphatic hydroxyl groups is 1. The van der Waals surface area contributed by atoms with E-state index in [0.717, 1.165) is 11.8 Å². The predicted molar refractivity (Wildman–Crippen MR) is 86.0 cm³/mol. The SMILES string of the molecule is OC(CCl)CNc1ccc(Oc2ncc(C(F)(F)F)cc2Cl)cc1. The van der Waals surface area contributed by atoms with E-state index in [1.807, 2.05) is 0 Å². The van der Waals surface area contributed by atoms with Gasteiger partial charge in [-0.1, -0.05) is 11.6 Å². The molecule has 0 radical (unpaired) electrons. The van der Waals surface area contributed by atoms with E-state index in [1.54, 1.807) is 24.3 Å². The summed E-state index contributed by atoms with van der Waals surface area (Å²) in [4.78, 5) is 3.60. The number of rotatable bonds is 6. The van der Waals surface area contributed by atoms with Gasteiger partial charge in [-0.3, -0.25) is 0 Å². The number of halogens is 5. The number of anilines is 1. The Hall–Kier alpha value is -1.70. The Morgan fingerprint density at radius 2 is 1.92 bits per heavy atom. The average molecular weight is 381 g/mol. The fourth-order valence-corrected chi connectivity index (χ4v) is 2.01. The first kappa shape index (κ1) is 18.6. The molecule has 0 bridgehead atoms. The highest BCUT2D eigenvalue weighted by molar-refractivity contribution is 6.31. The highest BCUT2D eigenvalue weighted by atomic mass is 35.5. The van der Waals surface area contributed by atoms with Crippen molar-refractivity contribution in [1.82, 2.24) is 4.98 Å². The molecular formula is C15H13Cl2F3N2O2. The van der Waals surface area contributed by atoms with Gasteiger partial charge in [-0.25, -0.2) is 4.98 Å². The Morgan fingerprint density at radius 1 is 1.25 bits per heavy atom. The molecule has 0 saturated heterocycles. The summed E-state index contributed by atoms with van der Waals surface area (Å²) >= 11 is 11.3. The van der Waals surface area contributed by atoms with Crippen LogP contribution in [-0.2, 0) is 6.18 Å². The highest BCUT2D eigenvalue weighted by Crippen LogP contribution is 2.34. The molecule has 1 atom stereocenters. The smallest absolute Gasteiger partial charge is 0.417 e. The number of pyridine rings is 1. The second kappa shape index (κ2) is 7.92. The summed E-state index contributed by atoms with van der Waals surface area (Å²) < 4.78 is 43.0. The van der Waals surface area contributed by atoms with Gasteiger partial charge in [-0.05, 0) is 30.3 Å². The summed E-state index contributed by atoms with van der Waals surface area (Å²) in [5.41, 5.74) is -0.227. The van der Waals surface area contributed by atoms with Gasteiger partial charge in [-0.2, -0.15) is 13.2 Å². The Balaban J connectivity index is 2.03. The Bertz CT molecular complexity index is 681. The molecule has 0 fully saturated rings. The maximum atomic E-state index is 12.6. The molecule has 4 nitrogen and oxygen atoms in total. The first-order chi connectivity index (χ1) is 11.3. The van der Waals surface area contributed by atoms with Gasteiger partial charge in [-0.15, -0.1) is 11.6 Å². The van der Waals surface area contributed by atoms with E-state index in [1.165, 1.54) is 0 Å². The number of alkyl halides is 4. The predicted octanol–water partition coefficient (Wildman–Crippen LogP) is 4.56. The minimum atomic E-state index is -4.52. The fraction of sp³-hybridized carbons (Fsp3) is 0.267. The molecule has 0 saturated carbocycles. The third kappa shape index (κ3) is 5.15. The van der Waals surface area contributed by atoms with Crippen LogP contribution >= 0.6 is 23.2 Å². The molecule has 1 aromatic heterocycles. The summed E-state index contributed by atoms with van der Waals surface area (Å²) in [5.74, 6) is 0.349. The Labute approximate surface area is 146 Å². The van der Waals surface area contributed by atoms with Crippen LogP contribution in [0.5, 0.6) is 11.6 Å². The molecule has 9 heteroatoms. The molecule has 130 valence electrons. The van der Waals surface area contributed by atoms with Gasteiger partial charge in [0.05, 0.1) is 17.5 Å². The zero-order chi connectivity index (χ0) is 17.7. The summed E-state index contributed by atoms with van der Waals surface area (Å²) in [5, 5.41) is 12.1. The van der Waals surface area contributed by atoms with Gasteiger partial charge in [0, 0.05) is 18.4 Å². The summed E-state index contributed by atoms with van der Waals surface area (Å²) in [6, 6.07) is 7.28. The molecule has 0 aliphatic carbocycles. The van der Waals surface area contributed by atoms with E-state index < -0.39 is 17.8 Å². The number of nitrogens with one attached hydrogen (secondary N) is 1. The number of ether oxygens (including phenoxy) is 1. The van der Waals surface area contributed by atoms with Gasteiger partial charge < -0.3 is 15.2 Å². The van der Waals surface area contributed by atoms with Gasteiger partial charge in [0.15, 0.2) is 0 Å². The van der Waals surface area contributed by atoms with E-state index in [0.29, 0.717) is 11.9 Å². The number of hydrogen-bond donors (Lipinski definition) is 2. The molecule has 0 aliphatic rings. The van der Waals surface area contributed by atoms with Crippen LogP contribution in [-0.4, -0.2) is 28.6 Å². The van der Waals surface area contributed by atoms with Crippen molar-refractivity contribution in [3.05, 3.63) is 47.1 Å². The van der Waals surface area contributed by atoms with Gasteiger partial charge >= 0.3 is 6.18 Å². The zero-order valence-corrected chi connectivity index (χ0v) is 13.7. The van der Waals surface area contributed by atoms with Crippen LogP contribution in [0.2, 0.25) is 5.02 Å². The highest BCUT2D eigenvalue weighted by Gasteiger charge is 2.31. The van der Waals surface area contributed by atoms with Crippen molar-refractivity contribution in [2.75, 3.05) is 17.7 Å². The molecule has 0 spiro atoms. The Morgan fingerprint density at radius 3 is 2.46 bits per heavy atom. The summed E-state index contributed by atoms with van der Waals surface area (Å²) in [6.07, 6.45) is -4.53. The van der Waals surface area contributed by atoms with Crippen molar-refractivity contribution < 1.29 is 23.0 Å². The Kier molecular flexibility index (Phi) is 6.15. The summed E-state index contributed by atoms with van der Waals surface area (Å²) in [7, 11) is 0. The van der Waals surface area contributed by atoms with Gasteiger partial charge in [0.1, 0.15) is 10.8 Å². The summed E-state index contributed by atoms with van der Waals surface area (Å²) in [6.45, 7) is 0.288. The lowest BCUT2D eigenvalue weighted by Crippen LogP contribution is -2.20. The van der Waals surface area contributed by atoms with Crippen molar-refractivity contribution in [2.24, 2.45) is 0 Å². The van der Waals surface area contributed by atoms with E-state index in [2.05, 4.69) is 10.3 Å². The molecule has 0 amide bonds. The maximum Gasteiger partial charge on any atom is 0.417 e. The topological polar surface area (TPSA) is 54.4 Å². The van der Waals surface area contributed by atoms with Crippen LogP contribution in [0.1, 0.15) is 5.56 Å². The monoisotopic (exact) mass is 380 g/mol. The van der Waals surface area contributed by atoms with Crippen molar-refractivity contribution in [1.29, 1.82) is 0 Å². The maximum absolute atomic E-state index is 12.6. The van der Waals surface area contributed by atoms with Gasteiger partial charge in [0.25, 0.3) is 0 Å². The lowest BCUT2D eigenvalue weighted by atomic mass is 10.2. The fourth-order valence-electron chi connectivity index (χ4n) is 1.70. The molecule has 2 aromatic rings. The van der Waals surface area contributed by atoms with E-state index in [9.17, 15) is 18.3 Å². The average Bonchev–Trinajstić information content (AvgIpc) is 2.54. The molecule has 1 aromatic carbocycles. The van der Waals surface area contributed by atoms with Crippen molar-refractivity contribution >= 4 is 28.9 Å². The normalized spacial score (nSPS) is 12.8. The molecule has 1 unspecified atom stereocenters. The number of benzene rings is 1. The van der Waals surface area contributed by atoms with E-state index >= 15 is 0 Å². The number of nitrogens with zero attached hydrogens (tertiary/aromatic N) is 1. The number of aliphatic hydroxyl groups excluding tert-OH is 1. The van der Waals surface area contributed by atoms with Crippen LogP contribution in [0.3, 0.4) is 0 Å². The molecule has 24 heavy (non-hydrogen) atoms. The van der Waals surface area contributed by atoms with Gasteiger partial charge in [0.2, 0.25) is 5.88 Å². The van der Waals surface area contributed by atoms with Crippen molar-refractivity contribution in [3.63, 3.8) is 0 Å². The first-order valence-corrected chi connectivity index (χ1v) is 7.69. The number of hydrogen-bond acceptors (Lipinski definition) is 4. The standard InChI is InChI=1S/C15H13Cl2F3N2O2/c16-6-11(23)8-21-10-1-3-12(4-2-10)24-14-13(17)5-9(7-22-14)15(18,19)20/h1-5,7,11,21,23H,6,8H2. The molecule has 2 rings (SSSR count). The van der Waals surface area contributed by atoms with Crippen LogP contribution < -0.4 is 10.1 Å². The second-order valence-corrected chi connectivity index (χ2v) is 5.54. The minimum Gasteiger partial charge on any atom is -0.438 e. The molecule has 2 N–H and O–H groups in total. The van der Waals surface area contributed by atoms with E-state index in [4.69, 9.17) is 27.9 Å². The minimum absolute atomic E-state index is 0.117. The number of aromatic nitrogens is 1. The zero-order valence-electron chi connectivity index (χ0n) is 12.1. The third-order valence-electron chi connectivity index (χ3n) is 2.92. The largest absolute Gasteiger partial charge is 0.438 e. The molecule has 0 aliphatic heterocycles. The molecule has 1 heterocycles. The quantitative estimate of drug-likeness (QED) is 0.721. The third-order valence-corrected chi connectivity index (χ3v) is 3.55. The lowest BCUT2D eigenvalue weighted by molar-refractivity contribution is -0.137. The van der Waals surface area contributed by atoms with Crippen LogP contribution in [0.4, 0.5) is 18.9 Å². The van der Waals surface area contributed by atoms with Crippen molar-refractivity contribution in [3.8, 4) is 11.6 Å². The van der Waals surface area contributed by atoms with Crippen LogP contribution in [0.15, 0.2) is 36.5 Å². The van der Waals surface area contributed by atoms with Crippen LogP contribution in [0.25, 0.3) is 0 Å². The first-order valence-electron chi connectivity index (χ1n) is 6.78. The molecular weight excluding hydrogens is 368 g/mol. The second-order valence-electron chi connectivity index (χ2n) is 4.82. The lowest BCUT2D eigenvalue weighted by Gasteiger charge is -2.12. The van der Waals surface area contributed by atoms with Crippen molar-refractivity contribution in [2.45, 2.75) is 12.3 Å². The van der Waals surface area contributed by atoms with E-state index in [-0.39, 0.29) is 23.3 Å². The van der Waals surface area contributed by atoms with Crippen LogP contribution in [0, 0.1) is 0 Å².